The van der Waals surface area contributed by atoms with E-state index >= 15 is 0 Å². The number of nitrogens with one attached hydrogen (secondary N) is 2. The van der Waals surface area contributed by atoms with Crippen molar-refractivity contribution in [1.82, 2.24) is 9.97 Å². The summed E-state index contributed by atoms with van der Waals surface area (Å²) in [6.07, 6.45) is 3.87. The summed E-state index contributed by atoms with van der Waals surface area (Å²) in [5.74, 6) is 3.50. The molecule has 1 aliphatic carbocycles. The zero-order valence-electron chi connectivity index (χ0n) is 13.5. The van der Waals surface area contributed by atoms with Crippen LogP contribution >= 0.6 is 0 Å². The van der Waals surface area contributed by atoms with Crippen LogP contribution in [0.4, 0.5) is 11.6 Å². The molecule has 0 radical (unpaired) electrons. The van der Waals surface area contributed by atoms with E-state index in [0.29, 0.717) is 6.04 Å². The highest BCUT2D eigenvalue weighted by Gasteiger charge is 2.25. The van der Waals surface area contributed by atoms with E-state index in [1.165, 1.54) is 19.3 Å². The van der Waals surface area contributed by atoms with Gasteiger partial charge in [0.25, 0.3) is 0 Å². The lowest BCUT2D eigenvalue weighted by Gasteiger charge is -2.22. The molecule has 1 fully saturated rings. The molecule has 0 amide bonds. The molecule has 20 heavy (non-hydrogen) atoms. The molecule has 4 nitrogen and oxygen atoms in total. The Kier molecular flexibility index (Phi) is 4.51. The second-order valence-electron chi connectivity index (χ2n) is 6.90. The van der Waals surface area contributed by atoms with Gasteiger partial charge in [-0.25, -0.2) is 9.97 Å². The maximum Gasteiger partial charge on any atom is 0.138 e. The Labute approximate surface area is 122 Å². The van der Waals surface area contributed by atoms with E-state index in [0.717, 1.165) is 29.9 Å². The maximum absolute atomic E-state index is 4.72. The lowest BCUT2D eigenvalue weighted by molar-refractivity contribution is 0.538. The molecule has 1 heterocycles. The lowest BCUT2D eigenvalue weighted by Crippen LogP contribution is -2.24. The van der Waals surface area contributed by atoms with Crippen LogP contribution in [0.3, 0.4) is 0 Å². The maximum atomic E-state index is 4.72. The summed E-state index contributed by atoms with van der Waals surface area (Å²) in [5, 5.41) is 6.92. The van der Waals surface area contributed by atoms with E-state index in [-0.39, 0.29) is 5.41 Å². The van der Waals surface area contributed by atoms with Gasteiger partial charge in [0.15, 0.2) is 0 Å². The van der Waals surface area contributed by atoms with Crippen LogP contribution in [0.2, 0.25) is 0 Å². The summed E-state index contributed by atoms with van der Waals surface area (Å²) in [6, 6.07) is 2.58. The second-order valence-corrected chi connectivity index (χ2v) is 6.90. The second kappa shape index (κ2) is 5.98. The van der Waals surface area contributed by atoms with Crippen molar-refractivity contribution < 1.29 is 0 Å². The molecule has 0 aromatic carbocycles. The first-order chi connectivity index (χ1) is 9.40. The number of hydrogen-bond donors (Lipinski definition) is 2. The Morgan fingerprint density at radius 2 is 1.90 bits per heavy atom. The van der Waals surface area contributed by atoms with Crippen LogP contribution in [0.5, 0.6) is 0 Å². The first-order valence-corrected chi connectivity index (χ1v) is 7.80. The largest absolute Gasteiger partial charge is 0.370 e. The normalized spacial score (nSPS) is 22.9. The molecular formula is C16H28N4. The molecule has 0 bridgehead atoms. The van der Waals surface area contributed by atoms with E-state index < -0.39 is 0 Å². The van der Waals surface area contributed by atoms with E-state index in [9.17, 15) is 0 Å². The highest BCUT2D eigenvalue weighted by molar-refractivity contribution is 5.48. The fraction of sp³-hybridized carbons (Fsp3) is 0.750. The van der Waals surface area contributed by atoms with Crippen molar-refractivity contribution in [3.63, 3.8) is 0 Å². The monoisotopic (exact) mass is 276 g/mol. The van der Waals surface area contributed by atoms with Crippen molar-refractivity contribution in [2.45, 2.75) is 65.3 Å². The van der Waals surface area contributed by atoms with Crippen LogP contribution in [0.25, 0.3) is 0 Å². The average molecular weight is 276 g/mol. The predicted molar refractivity (Wildman–Crippen MR) is 85.3 cm³/mol. The van der Waals surface area contributed by atoms with Crippen molar-refractivity contribution in [2.75, 3.05) is 17.2 Å². The fourth-order valence-corrected chi connectivity index (χ4v) is 2.68. The average Bonchev–Trinajstić information content (AvgIpc) is 2.74. The number of anilines is 2. The highest BCUT2D eigenvalue weighted by Crippen LogP contribution is 2.29. The molecule has 1 aromatic heterocycles. The minimum atomic E-state index is -0.0385. The van der Waals surface area contributed by atoms with Crippen molar-refractivity contribution >= 4 is 11.6 Å². The summed E-state index contributed by atoms with van der Waals surface area (Å²) >= 11 is 0. The van der Waals surface area contributed by atoms with Gasteiger partial charge in [0, 0.05) is 24.1 Å². The van der Waals surface area contributed by atoms with Gasteiger partial charge in [-0.3, -0.25) is 0 Å². The van der Waals surface area contributed by atoms with Crippen molar-refractivity contribution in [1.29, 1.82) is 0 Å². The number of nitrogens with zero attached hydrogens (tertiary/aromatic N) is 2. The SMILES string of the molecule is CCNc1cc(NC2CCCC2C)nc(C(C)(C)C)n1. The minimum absolute atomic E-state index is 0.0385. The predicted octanol–water partition coefficient (Wildman–Crippen LogP) is 3.81. The highest BCUT2D eigenvalue weighted by atomic mass is 15.1. The summed E-state index contributed by atoms with van der Waals surface area (Å²) < 4.78 is 0. The molecule has 4 heteroatoms. The molecule has 112 valence electrons. The summed E-state index contributed by atoms with van der Waals surface area (Å²) in [4.78, 5) is 9.35. The Bertz CT molecular complexity index is 450. The Hall–Kier alpha value is -1.32. The zero-order chi connectivity index (χ0) is 14.8. The molecule has 2 rings (SSSR count). The van der Waals surface area contributed by atoms with Crippen LogP contribution in [-0.2, 0) is 5.41 Å². The molecule has 0 spiro atoms. The van der Waals surface area contributed by atoms with Crippen LogP contribution in [0, 0.1) is 5.92 Å². The molecule has 2 N–H and O–H groups in total. The van der Waals surface area contributed by atoms with Gasteiger partial charge >= 0.3 is 0 Å². The fourth-order valence-electron chi connectivity index (χ4n) is 2.68. The van der Waals surface area contributed by atoms with Gasteiger partial charge in [0.1, 0.15) is 17.5 Å². The minimum Gasteiger partial charge on any atom is -0.370 e. The zero-order valence-corrected chi connectivity index (χ0v) is 13.5. The Morgan fingerprint density at radius 1 is 1.20 bits per heavy atom. The van der Waals surface area contributed by atoms with E-state index in [4.69, 9.17) is 4.98 Å². The Balaban J connectivity index is 2.24. The van der Waals surface area contributed by atoms with Crippen LogP contribution < -0.4 is 10.6 Å². The third-order valence-electron chi connectivity index (χ3n) is 3.95. The van der Waals surface area contributed by atoms with Gasteiger partial charge in [-0.2, -0.15) is 0 Å². The molecule has 1 saturated carbocycles. The molecule has 0 saturated heterocycles. The number of rotatable bonds is 4. The summed E-state index contributed by atoms with van der Waals surface area (Å²) in [5.41, 5.74) is -0.0385. The van der Waals surface area contributed by atoms with Crippen LogP contribution in [0.15, 0.2) is 6.07 Å². The first kappa shape index (κ1) is 15.1. The molecule has 1 aromatic rings. The van der Waals surface area contributed by atoms with Crippen LogP contribution in [0.1, 0.15) is 59.7 Å². The standard InChI is InChI=1S/C16H28N4/c1-6-17-13-10-14(18-12-9-7-8-11(12)2)20-15(19-13)16(3,4)5/h10-12H,6-9H2,1-5H3,(H2,17,18,19,20). The van der Waals surface area contributed by atoms with Gasteiger partial charge < -0.3 is 10.6 Å². The first-order valence-electron chi connectivity index (χ1n) is 7.80. The number of hydrogen-bond acceptors (Lipinski definition) is 4. The molecule has 1 aliphatic rings. The van der Waals surface area contributed by atoms with Gasteiger partial charge in [-0.15, -0.1) is 0 Å². The van der Waals surface area contributed by atoms with E-state index in [1.54, 1.807) is 0 Å². The Morgan fingerprint density at radius 3 is 2.45 bits per heavy atom. The molecular weight excluding hydrogens is 248 g/mol. The lowest BCUT2D eigenvalue weighted by atomic mass is 9.95. The number of aromatic nitrogens is 2. The quantitative estimate of drug-likeness (QED) is 0.878. The smallest absolute Gasteiger partial charge is 0.138 e. The van der Waals surface area contributed by atoms with Crippen molar-refractivity contribution in [3.8, 4) is 0 Å². The molecule has 2 unspecified atom stereocenters. The molecule has 2 atom stereocenters. The van der Waals surface area contributed by atoms with Crippen molar-refractivity contribution in [3.05, 3.63) is 11.9 Å². The molecule has 0 aliphatic heterocycles. The van der Waals surface area contributed by atoms with E-state index in [1.807, 2.05) is 6.07 Å². The van der Waals surface area contributed by atoms with E-state index in [2.05, 4.69) is 50.2 Å². The third-order valence-corrected chi connectivity index (χ3v) is 3.95. The third kappa shape index (κ3) is 3.62. The topological polar surface area (TPSA) is 49.8 Å². The summed E-state index contributed by atoms with van der Waals surface area (Å²) in [6.45, 7) is 11.7. The van der Waals surface area contributed by atoms with Gasteiger partial charge in [0.2, 0.25) is 0 Å². The van der Waals surface area contributed by atoms with Gasteiger partial charge in [0.05, 0.1) is 0 Å². The van der Waals surface area contributed by atoms with Gasteiger partial charge in [-0.1, -0.05) is 34.1 Å². The van der Waals surface area contributed by atoms with Crippen LogP contribution in [-0.4, -0.2) is 22.6 Å². The van der Waals surface area contributed by atoms with Gasteiger partial charge in [-0.05, 0) is 25.7 Å². The summed E-state index contributed by atoms with van der Waals surface area (Å²) in [7, 11) is 0. The van der Waals surface area contributed by atoms with Crippen molar-refractivity contribution in [2.24, 2.45) is 5.92 Å².